The van der Waals surface area contributed by atoms with Crippen molar-refractivity contribution in [3.8, 4) is 12.3 Å². The molecule has 1 rings (SSSR count). The van der Waals surface area contributed by atoms with E-state index in [0.717, 1.165) is 6.42 Å². The van der Waals surface area contributed by atoms with E-state index in [1.54, 1.807) is 4.57 Å². The molecule has 0 radical (unpaired) electrons. The lowest BCUT2D eigenvalue weighted by molar-refractivity contribution is 0.0596. The van der Waals surface area contributed by atoms with Crippen molar-refractivity contribution in [3.05, 3.63) is 12.0 Å². The first kappa shape index (κ1) is 11.1. The Bertz CT molecular complexity index is 403. The lowest BCUT2D eigenvalue weighted by Crippen LogP contribution is -2.11. The molecule has 0 fully saturated rings. The topological polar surface area (TPSA) is 70.1 Å². The van der Waals surface area contributed by atoms with Gasteiger partial charge in [-0.05, 0) is 6.42 Å². The predicted octanol–water partition coefficient (Wildman–Crippen LogP) is 0.836. The molecular formula is C10H13N3O2. The molecule has 15 heavy (non-hydrogen) atoms. The maximum absolute atomic E-state index is 11.2. The number of aromatic nitrogens is 2. The highest BCUT2D eigenvalue weighted by molar-refractivity contribution is 5.92. The number of methoxy groups -OCH3 is 1. The quantitative estimate of drug-likeness (QED) is 0.589. The van der Waals surface area contributed by atoms with Crippen LogP contribution in [0, 0.1) is 12.3 Å². The fraction of sp³-hybridized carbons (Fsp3) is 0.400. The minimum atomic E-state index is -0.557. The average molecular weight is 207 g/mol. The third kappa shape index (κ3) is 1.94. The van der Waals surface area contributed by atoms with Gasteiger partial charge < -0.3 is 15.0 Å². The molecule has 0 saturated carbocycles. The van der Waals surface area contributed by atoms with Crippen molar-refractivity contribution in [1.82, 2.24) is 9.55 Å². The molecule has 5 heteroatoms. The SMILES string of the molecule is C#CC(CC)n1cnc(C(=O)OC)c1N. The summed E-state index contributed by atoms with van der Waals surface area (Å²) in [7, 11) is 1.28. The molecule has 1 unspecified atom stereocenters. The van der Waals surface area contributed by atoms with E-state index in [2.05, 4.69) is 15.6 Å². The number of nitrogen functional groups attached to an aromatic ring is 1. The van der Waals surface area contributed by atoms with Gasteiger partial charge in [-0.25, -0.2) is 9.78 Å². The first-order valence-electron chi connectivity index (χ1n) is 4.52. The van der Waals surface area contributed by atoms with Gasteiger partial charge in [0.15, 0.2) is 5.69 Å². The Morgan fingerprint density at radius 2 is 2.53 bits per heavy atom. The van der Waals surface area contributed by atoms with Crippen molar-refractivity contribution in [1.29, 1.82) is 0 Å². The number of terminal acetylenes is 1. The molecule has 0 amide bonds. The zero-order valence-corrected chi connectivity index (χ0v) is 8.73. The van der Waals surface area contributed by atoms with Crippen molar-refractivity contribution >= 4 is 11.8 Å². The minimum Gasteiger partial charge on any atom is -0.464 e. The van der Waals surface area contributed by atoms with Gasteiger partial charge in [-0.2, -0.15) is 0 Å². The van der Waals surface area contributed by atoms with E-state index < -0.39 is 5.97 Å². The minimum absolute atomic E-state index is 0.103. The third-order valence-electron chi connectivity index (χ3n) is 2.13. The summed E-state index contributed by atoms with van der Waals surface area (Å²) in [4.78, 5) is 15.1. The van der Waals surface area contributed by atoms with Gasteiger partial charge in [-0.15, -0.1) is 6.42 Å². The van der Waals surface area contributed by atoms with Crippen LogP contribution in [0.1, 0.15) is 29.9 Å². The number of esters is 1. The first-order chi connectivity index (χ1) is 7.15. The van der Waals surface area contributed by atoms with Crippen LogP contribution in [0.5, 0.6) is 0 Å². The van der Waals surface area contributed by atoms with Crippen LogP contribution in [0.2, 0.25) is 0 Å². The van der Waals surface area contributed by atoms with E-state index in [4.69, 9.17) is 12.2 Å². The number of carbonyl (C=O) groups is 1. The molecule has 1 atom stereocenters. The van der Waals surface area contributed by atoms with Crippen molar-refractivity contribution in [2.45, 2.75) is 19.4 Å². The van der Waals surface area contributed by atoms with Crippen LogP contribution in [0.15, 0.2) is 6.33 Å². The number of anilines is 1. The van der Waals surface area contributed by atoms with Crippen LogP contribution in [0.4, 0.5) is 5.82 Å². The van der Waals surface area contributed by atoms with Gasteiger partial charge in [0, 0.05) is 0 Å². The van der Waals surface area contributed by atoms with E-state index in [0.29, 0.717) is 0 Å². The molecule has 0 saturated heterocycles. The summed E-state index contributed by atoms with van der Waals surface area (Å²) >= 11 is 0. The normalized spacial score (nSPS) is 11.8. The Labute approximate surface area is 88.2 Å². The average Bonchev–Trinajstić information content (AvgIpc) is 2.62. The lowest BCUT2D eigenvalue weighted by atomic mass is 10.2. The molecule has 0 aliphatic rings. The summed E-state index contributed by atoms with van der Waals surface area (Å²) in [6.45, 7) is 1.93. The Kier molecular flexibility index (Phi) is 3.34. The number of carbonyl (C=O) groups excluding carboxylic acids is 1. The van der Waals surface area contributed by atoms with Crippen molar-refractivity contribution in [2.75, 3.05) is 12.8 Å². The highest BCUT2D eigenvalue weighted by Gasteiger charge is 2.18. The Hall–Kier alpha value is -1.96. The van der Waals surface area contributed by atoms with Crippen LogP contribution >= 0.6 is 0 Å². The largest absolute Gasteiger partial charge is 0.464 e. The third-order valence-corrected chi connectivity index (χ3v) is 2.13. The fourth-order valence-electron chi connectivity index (χ4n) is 1.27. The predicted molar refractivity (Wildman–Crippen MR) is 56.1 cm³/mol. The summed E-state index contributed by atoms with van der Waals surface area (Å²) in [5.74, 6) is 2.25. The maximum atomic E-state index is 11.2. The molecule has 1 aromatic rings. The molecule has 0 aliphatic heterocycles. The number of hydrogen-bond donors (Lipinski definition) is 1. The zero-order valence-electron chi connectivity index (χ0n) is 8.73. The highest BCUT2D eigenvalue weighted by atomic mass is 16.5. The molecular weight excluding hydrogens is 194 g/mol. The lowest BCUT2D eigenvalue weighted by Gasteiger charge is -2.11. The van der Waals surface area contributed by atoms with Crippen LogP contribution in [0.3, 0.4) is 0 Å². The van der Waals surface area contributed by atoms with Gasteiger partial charge in [0.25, 0.3) is 0 Å². The number of nitrogens with zero attached hydrogens (tertiary/aromatic N) is 2. The summed E-state index contributed by atoms with van der Waals surface area (Å²) < 4.78 is 6.12. The summed E-state index contributed by atoms with van der Waals surface area (Å²) in [5, 5.41) is 0. The second-order valence-electron chi connectivity index (χ2n) is 2.97. The van der Waals surface area contributed by atoms with Crippen LogP contribution in [0.25, 0.3) is 0 Å². The van der Waals surface area contributed by atoms with E-state index in [1.165, 1.54) is 13.4 Å². The van der Waals surface area contributed by atoms with Gasteiger partial charge in [-0.1, -0.05) is 12.8 Å². The Balaban J connectivity index is 3.09. The van der Waals surface area contributed by atoms with Crippen LogP contribution in [-0.2, 0) is 4.74 Å². The van der Waals surface area contributed by atoms with E-state index >= 15 is 0 Å². The van der Waals surface area contributed by atoms with Crippen LogP contribution < -0.4 is 5.73 Å². The monoisotopic (exact) mass is 207 g/mol. The van der Waals surface area contributed by atoms with Gasteiger partial charge in [0.05, 0.1) is 19.5 Å². The molecule has 1 aromatic heterocycles. The van der Waals surface area contributed by atoms with Gasteiger partial charge in [-0.3, -0.25) is 0 Å². The number of imidazole rings is 1. The summed E-state index contributed by atoms with van der Waals surface area (Å²) in [6.07, 6.45) is 7.51. The van der Waals surface area contributed by atoms with E-state index in [-0.39, 0.29) is 17.6 Å². The fourth-order valence-corrected chi connectivity index (χ4v) is 1.27. The summed E-state index contributed by atoms with van der Waals surface area (Å²) in [5.41, 5.74) is 5.84. The second kappa shape index (κ2) is 4.51. The highest BCUT2D eigenvalue weighted by Crippen LogP contribution is 2.18. The molecule has 0 aliphatic carbocycles. The molecule has 0 aromatic carbocycles. The van der Waals surface area contributed by atoms with E-state index in [1.807, 2.05) is 6.92 Å². The first-order valence-corrected chi connectivity index (χ1v) is 4.52. The number of nitrogens with two attached hydrogens (primary N) is 1. The Morgan fingerprint density at radius 3 is 3.00 bits per heavy atom. The molecule has 80 valence electrons. The maximum Gasteiger partial charge on any atom is 0.360 e. The number of rotatable bonds is 3. The number of hydrogen-bond acceptors (Lipinski definition) is 4. The van der Waals surface area contributed by atoms with Crippen molar-refractivity contribution in [3.63, 3.8) is 0 Å². The molecule has 2 N–H and O–H groups in total. The molecule has 0 spiro atoms. The Morgan fingerprint density at radius 1 is 1.87 bits per heavy atom. The van der Waals surface area contributed by atoms with Gasteiger partial charge >= 0.3 is 5.97 Å². The summed E-state index contributed by atoms with van der Waals surface area (Å²) in [6, 6.07) is -0.184. The standard InChI is InChI=1S/C10H13N3O2/c1-4-7(5-2)13-6-12-8(9(13)11)10(14)15-3/h1,6-7H,5,11H2,2-3H3. The second-order valence-corrected chi connectivity index (χ2v) is 2.97. The van der Waals surface area contributed by atoms with Crippen LogP contribution in [-0.4, -0.2) is 22.6 Å². The number of ether oxygens (including phenoxy) is 1. The molecule has 1 heterocycles. The zero-order chi connectivity index (χ0) is 11.4. The molecule has 5 nitrogen and oxygen atoms in total. The van der Waals surface area contributed by atoms with Crippen molar-refractivity contribution < 1.29 is 9.53 Å². The van der Waals surface area contributed by atoms with Gasteiger partial charge in [0.1, 0.15) is 5.82 Å². The van der Waals surface area contributed by atoms with E-state index in [9.17, 15) is 4.79 Å². The molecule has 0 bridgehead atoms. The smallest absolute Gasteiger partial charge is 0.360 e. The van der Waals surface area contributed by atoms with Crippen molar-refractivity contribution in [2.24, 2.45) is 0 Å². The van der Waals surface area contributed by atoms with Gasteiger partial charge in [0.2, 0.25) is 0 Å².